The number of morpholine rings is 1. The van der Waals surface area contributed by atoms with Crippen LogP contribution in [-0.4, -0.2) is 52.7 Å². The highest BCUT2D eigenvalue weighted by molar-refractivity contribution is 7.99. The molecule has 1 atom stereocenters. The van der Waals surface area contributed by atoms with E-state index in [-0.39, 0.29) is 23.5 Å². The van der Waals surface area contributed by atoms with Gasteiger partial charge >= 0.3 is 0 Å². The second-order valence-corrected chi connectivity index (χ2v) is 9.95. The number of rotatable bonds is 7. The summed E-state index contributed by atoms with van der Waals surface area (Å²) in [6.45, 7) is 4.57. The molecule has 3 aromatic rings. The normalized spacial score (nSPS) is 16.6. The maximum absolute atomic E-state index is 14.0. The Morgan fingerprint density at radius 2 is 1.91 bits per heavy atom. The van der Waals surface area contributed by atoms with E-state index >= 15 is 0 Å². The van der Waals surface area contributed by atoms with Crippen LogP contribution in [0.4, 0.5) is 10.3 Å². The Labute approximate surface area is 209 Å². The maximum atomic E-state index is 14.0. The molecule has 5 rings (SSSR count). The lowest BCUT2D eigenvalue weighted by atomic mass is 9.89. The molecule has 1 unspecified atom stereocenters. The quantitative estimate of drug-likeness (QED) is 0.498. The van der Waals surface area contributed by atoms with Gasteiger partial charge in [0.1, 0.15) is 5.82 Å². The molecule has 2 heterocycles. The van der Waals surface area contributed by atoms with E-state index in [1.807, 2.05) is 17.6 Å². The van der Waals surface area contributed by atoms with Crippen molar-refractivity contribution in [2.75, 3.05) is 37.0 Å². The molecule has 2 aliphatic rings. The molecule has 184 valence electrons. The molecule has 1 aliphatic carbocycles. The Hall–Kier alpha value is -2.91. The Kier molecular flexibility index (Phi) is 7.34. The number of amides is 1. The van der Waals surface area contributed by atoms with Gasteiger partial charge in [-0.1, -0.05) is 36.0 Å². The summed E-state index contributed by atoms with van der Waals surface area (Å²) in [5.41, 5.74) is 4.59. The summed E-state index contributed by atoms with van der Waals surface area (Å²) in [7, 11) is 0. The van der Waals surface area contributed by atoms with Gasteiger partial charge in [0.2, 0.25) is 11.9 Å². The molecule has 2 aromatic carbocycles. The maximum Gasteiger partial charge on any atom is 0.232 e. The smallest absolute Gasteiger partial charge is 0.232 e. The SMILES string of the molecule is CC(NC(=O)CSc1nnc(N2CCOCC2)n1-c1cccc(F)c1)c1ccc2c(c1)CCCC2. The van der Waals surface area contributed by atoms with E-state index in [1.165, 1.54) is 47.9 Å². The van der Waals surface area contributed by atoms with Crippen LogP contribution in [0.15, 0.2) is 47.6 Å². The number of thioether (sulfide) groups is 1. The van der Waals surface area contributed by atoms with Crippen LogP contribution in [0.1, 0.15) is 42.5 Å². The fourth-order valence-corrected chi connectivity index (χ4v) is 5.44. The summed E-state index contributed by atoms with van der Waals surface area (Å²) in [5, 5.41) is 12.4. The standard InChI is InChI=1S/C26H30FN5O2S/c1-18(20-10-9-19-5-2-3-6-21(19)15-20)28-24(33)17-35-26-30-29-25(31-11-13-34-14-12-31)32(26)23-8-4-7-22(27)16-23/h4,7-10,15-16,18H,2-3,5-6,11-14,17H2,1H3,(H,28,33). The second kappa shape index (κ2) is 10.8. The highest BCUT2D eigenvalue weighted by Crippen LogP contribution is 2.28. The summed E-state index contributed by atoms with van der Waals surface area (Å²) >= 11 is 1.30. The van der Waals surface area contributed by atoms with Gasteiger partial charge < -0.3 is 15.0 Å². The van der Waals surface area contributed by atoms with Crippen molar-refractivity contribution in [1.82, 2.24) is 20.1 Å². The summed E-state index contributed by atoms with van der Waals surface area (Å²) < 4.78 is 21.3. The number of nitrogens with zero attached hydrogens (tertiary/aromatic N) is 4. The molecule has 0 saturated carbocycles. The first-order chi connectivity index (χ1) is 17.1. The number of hydrogen-bond acceptors (Lipinski definition) is 6. The largest absolute Gasteiger partial charge is 0.378 e. The number of aromatic nitrogens is 3. The van der Waals surface area contributed by atoms with Crippen LogP contribution < -0.4 is 10.2 Å². The Bertz CT molecular complexity index is 1190. The third-order valence-electron chi connectivity index (χ3n) is 6.56. The van der Waals surface area contributed by atoms with Gasteiger partial charge in [0, 0.05) is 13.1 Å². The zero-order valence-corrected chi connectivity index (χ0v) is 20.7. The number of anilines is 1. The van der Waals surface area contributed by atoms with Crippen LogP contribution in [0.25, 0.3) is 5.69 Å². The number of carbonyl (C=O) groups excluding carboxylic acids is 1. The minimum absolute atomic E-state index is 0.0815. The molecule has 35 heavy (non-hydrogen) atoms. The van der Waals surface area contributed by atoms with Crippen LogP contribution in [0.3, 0.4) is 0 Å². The van der Waals surface area contributed by atoms with Gasteiger partial charge in [-0.15, -0.1) is 10.2 Å². The molecule has 7 nitrogen and oxygen atoms in total. The average molecular weight is 496 g/mol. The average Bonchev–Trinajstić information content (AvgIpc) is 3.32. The first kappa shape index (κ1) is 23.8. The van der Waals surface area contributed by atoms with Crippen molar-refractivity contribution in [2.24, 2.45) is 0 Å². The highest BCUT2D eigenvalue weighted by atomic mass is 32.2. The summed E-state index contributed by atoms with van der Waals surface area (Å²) in [6.07, 6.45) is 4.74. The molecule has 1 amide bonds. The first-order valence-electron chi connectivity index (χ1n) is 12.2. The van der Waals surface area contributed by atoms with E-state index < -0.39 is 0 Å². The molecule has 0 bridgehead atoms. The number of halogens is 1. The Morgan fingerprint density at radius 1 is 1.11 bits per heavy atom. The molecule has 9 heteroatoms. The minimum atomic E-state index is -0.336. The van der Waals surface area contributed by atoms with Crippen LogP contribution >= 0.6 is 11.8 Å². The Morgan fingerprint density at radius 3 is 2.71 bits per heavy atom. The molecule has 1 N–H and O–H groups in total. The topological polar surface area (TPSA) is 72.3 Å². The van der Waals surface area contributed by atoms with Gasteiger partial charge in [-0.25, -0.2) is 4.39 Å². The lowest BCUT2D eigenvalue weighted by Gasteiger charge is -2.27. The summed E-state index contributed by atoms with van der Waals surface area (Å²) in [6, 6.07) is 12.8. The third kappa shape index (κ3) is 5.51. The monoisotopic (exact) mass is 495 g/mol. The van der Waals surface area contributed by atoms with Crippen molar-refractivity contribution >= 4 is 23.6 Å². The zero-order valence-electron chi connectivity index (χ0n) is 19.9. The van der Waals surface area contributed by atoms with Crippen molar-refractivity contribution in [3.8, 4) is 5.69 Å². The van der Waals surface area contributed by atoms with Crippen LogP contribution in [0, 0.1) is 5.82 Å². The summed E-state index contributed by atoms with van der Waals surface area (Å²) in [5.74, 6) is 0.397. The van der Waals surface area contributed by atoms with Crippen molar-refractivity contribution in [2.45, 2.75) is 43.8 Å². The van der Waals surface area contributed by atoms with E-state index in [1.54, 1.807) is 6.07 Å². The van der Waals surface area contributed by atoms with E-state index in [9.17, 15) is 9.18 Å². The lowest BCUT2D eigenvalue weighted by Crippen LogP contribution is -2.37. The molecular weight excluding hydrogens is 465 g/mol. The molecule has 0 spiro atoms. The van der Waals surface area contributed by atoms with E-state index in [0.29, 0.717) is 43.1 Å². The predicted molar refractivity (Wildman–Crippen MR) is 135 cm³/mol. The number of carbonyl (C=O) groups is 1. The zero-order chi connectivity index (χ0) is 24.2. The van der Waals surface area contributed by atoms with Crippen molar-refractivity contribution in [3.63, 3.8) is 0 Å². The van der Waals surface area contributed by atoms with Gasteiger partial charge in [0.05, 0.1) is 30.7 Å². The number of ether oxygens (including phenoxy) is 1. The van der Waals surface area contributed by atoms with Gasteiger partial charge in [-0.3, -0.25) is 9.36 Å². The van der Waals surface area contributed by atoms with E-state index in [0.717, 1.165) is 18.4 Å². The third-order valence-corrected chi connectivity index (χ3v) is 7.49. The highest BCUT2D eigenvalue weighted by Gasteiger charge is 2.23. The molecule has 0 radical (unpaired) electrons. The number of nitrogens with one attached hydrogen (secondary N) is 1. The van der Waals surface area contributed by atoms with Crippen LogP contribution in [0.5, 0.6) is 0 Å². The van der Waals surface area contributed by atoms with Crippen LogP contribution in [0.2, 0.25) is 0 Å². The molecule has 1 saturated heterocycles. The summed E-state index contributed by atoms with van der Waals surface area (Å²) in [4.78, 5) is 14.9. The number of benzene rings is 2. The molecule has 1 aromatic heterocycles. The van der Waals surface area contributed by atoms with Gasteiger partial charge in [0.25, 0.3) is 0 Å². The van der Waals surface area contributed by atoms with Gasteiger partial charge in [0.15, 0.2) is 5.16 Å². The number of aryl methyl sites for hydroxylation is 2. The minimum Gasteiger partial charge on any atom is -0.378 e. The van der Waals surface area contributed by atoms with E-state index in [2.05, 4.69) is 38.6 Å². The predicted octanol–water partition coefficient (Wildman–Crippen LogP) is 4.09. The fourth-order valence-electron chi connectivity index (χ4n) is 4.68. The molecular formula is C26H30FN5O2S. The number of hydrogen-bond donors (Lipinski definition) is 1. The second-order valence-electron chi connectivity index (χ2n) is 9.01. The van der Waals surface area contributed by atoms with E-state index in [4.69, 9.17) is 4.74 Å². The molecule has 1 fully saturated rings. The van der Waals surface area contributed by atoms with Gasteiger partial charge in [-0.05, 0) is 67.5 Å². The van der Waals surface area contributed by atoms with Crippen molar-refractivity contribution in [3.05, 3.63) is 65.0 Å². The fraction of sp³-hybridized carbons (Fsp3) is 0.423. The van der Waals surface area contributed by atoms with Crippen LogP contribution in [-0.2, 0) is 22.4 Å². The van der Waals surface area contributed by atoms with Gasteiger partial charge in [-0.2, -0.15) is 0 Å². The number of fused-ring (bicyclic) bond motifs is 1. The lowest BCUT2D eigenvalue weighted by molar-refractivity contribution is -0.119. The Balaban J connectivity index is 1.29. The van der Waals surface area contributed by atoms with Crippen molar-refractivity contribution in [1.29, 1.82) is 0 Å². The molecule has 1 aliphatic heterocycles. The first-order valence-corrected chi connectivity index (χ1v) is 13.1. The van der Waals surface area contributed by atoms with Crippen molar-refractivity contribution < 1.29 is 13.9 Å².